The zero-order valence-electron chi connectivity index (χ0n) is 20.4. The molecule has 1 aromatic carbocycles. The lowest BCUT2D eigenvalue weighted by molar-refractivity contribution is -0.0570. The molecule has 1 saturated heterocycles. The van der Waals surface area contributed by atoms with Crippen molar-refractivity contribution in [2.24, 2.45) is 23.2 Å². The second-order valence-electron chi connectivity index (χ2n) is 11.7. The van der Waals surface area contributed by atoms with E-state index in [1.807, 2.05) is 0 Å². The van der Waals surface area contributed by atoms with Gasteiger partial charge in [0.05, 0.1) is 5.56 Å². The minimum atomic E-state index is -1.00. The van der Waals surface area contributed by atoms with Gasteiger partial charge in [0.15, 0.2) is 0 Å². The van der Waals surface area contributed by atoms with Crippen LogP contribution < -0.4 is 5.32 Å². The number of H-pyrrole nitrogens is 1. The number of hydrogen-bond donors (Lipinski definition) is 3. The first-order valence-electron chi connectivity index (χ1n) is 13.2. The SMILES string of the molecule is Cc1ccc(NC(=O)c2nc(C3CCCO3)[nH]c2CCC23CC4CC(CC(C4)C2)C3)cc1C(=O)O. The molecule has 4 bridgehead atoms. The van der Waals surface area contributed by atoms with E-state index < -0.39 is 5.97 Å². The number of aromatic carboxylic acids is 1. The van der Waals surface area contributed by atoms with Gasteiger partial charge in [0.25, 0.3) is 5.91 Å². The number of benzene rings is 1. The number of amides is 1. The van der Waals surface area contributed by atoms with Crippen LogP contribution in [0.1, 0.15) is 102 Å². The van der Waals surface area contributed by atoms with Gasteiger partial charge in [-0.15, -0.1) is 0 Å². The Labute approximate surface area is 206 Å². The monoisotopic (exact) mass is 477 g/mol. The number of rotatable bonds is 7. The first-order chi connectivity index (χ1) is 16.9. The Hall–Kier alpha value is -2.67. The molecular weight excluding hydrogens is 442 g/mol. The van der Waals surface area contributed by atoms with E-state index in [1.165, 1.54) is 44.6 Å². The Morgan fingerprint density at radius 1 is 1.17 bits per heavy atom. The van der Waals surface area contributed by atoms with Crippen molar-refractivity contribution in [3.05, 3.63) is 46.5 Å². The first-order valence-corrected chi connectivity index (χ1v) is 13.2. The zero-order chi connectivity index (χ0) is 24.2. The van der Waals surface area contributed by atoms with Gasteiger partial charge in [-0.1, -0.05) is 6.07 Å². The van der Waals surface area contributed by atoms with E-state index in [0.717, 1.165) is 61.6 Å². The maximum atomic E-state index is 13.4. The number of carboxylic acid groups (broad SMARTS) is 1. The fraction of sp³-hybridized carbons (Fsp3) is 0.607. The topological polar surface area (TPSA) is 104 Å². The Morgan fingerprint density at radius 2 is 1.89 bits per heavy atom. The largest absolute Gasteiger partial charge is 0.478 e. The highest BCUT2D eigenvalue weighted by Crippen LogP contribution is 2.61. The van der Waals surface area contributed by atoms with Crippen LogP contribution in [0, 0.1) is 30.1 Å². The van der Waals surface area contributed by atoms with E-state index in [4.69, 9.17) is 9.72 Å². The van der Waals surface area contributed by atoms with Crippen LogP contribution in [-0.2, 0) is 11.2 Å². The maximum Gasteiger partial charge on any atom is 0.336 e. The average molecular weight is 478 g/mol. The van der Waals surface area contributed by atoms with E-state index in [2.05, 4.69) is 10.3 Å². The van der Waals surface area contributed by atoms with E-state index in [1.54, 1.807) is 19.1 Å². The summed E-state index contributed by atoms with van der Waals surface area (Å²) in [5.41, 5.74) is 3.03. The predicted molar refractivity (Wildman–Crippen MR) is 132 cm³/mol. The quantitative estimate of drug-likeness (QED) is 0.477. The molecule has 1 unspecified atom stereocenters. The van der Waals surface area contributed by atoms with E-state index in [9.17, 15) is 14.7 Å². The molecule has 1 aromatic heterocycles. The minimum Gasteiger partial charge on any atom is -0.478 e. The standard InChI is InChI=1S/C28H35N3O4/c1-16-4-5-20(12-21(16)27(33)34)29-26(32)24-22(30-25(31-24)23-3-2-8-35-23)6-7-28-13-17-9-18(14-28)11-19(10-17)15-28/h4-5,12,17-19,23H,2-3,6-11,13-15H2,1H3,(H,29,32)(H,30,31)(H,33,34). The molecule has 186 valence electrons. The van der Waals surface area contributed by atoms with Gasteiger partial charge < -0.3 is 20.1 Å². The number of aromatic amines is 1. The fourth-order valence-electron chi connectivity index (χ4n) is 7.85. The highest BCUT2D eigenvalue weighted by molar-refractivity contribution is 6.04. The third kappa shape index (κ3) is 4.39. The summed E-state index contributed by atoms with van der Waals surface area (Å²) in [6, 6.07) is 4.97. The number of hydrogen-bond acceptors (Lipinski definition) is 4. The van der Waals surface area contributed by atoms with Crippen LogP contribution in [0.15, 0.2) is 18.2 Å². The van der Waals surface area contributed by atoms with Crippen molar-refractivity contribution in [2.45, 2.75) is 77.2 Å². The molecule has 1 aliphatic heterocycles. The molecule has 1 atom stereocenters. The van der Waals surface area contributed by atoms with Crippen molar-refractivity contribution < 1.29 is 19.4 Å². The van der Waals surface area contributed by atoms with Crippen LogP contribution in [0.5, 0.6) is 0 Å². The van der Waals surface area contributed by atoms with E-state index >= 15 is 0 Å². The van der Waals surface area contributed by atoms with Crippen molar-refractivity contribution in [2.75, 3.05) is 11.9 Å². The van der Waals surface area contributed by atoms with Gasteiger partial charge in [0, 0.05) is 18.0 Å². The Bertz CT molecular complexity index is 1110. The van der Waals surface area contributed by atoms with Crippen LogP contribution in [-0.4, -0.2) is 33.6 Å². The fourth-order valence-corrected chi connectivity index (χ4v) is 7.85. The van der Waals surface area contributed by atoms with Gasteiger partial charge in [-0.2, -0.15) is 0 Å². The summed E-state index contributed by atoms with van der Waals surface area (Å²) < 4.78 is 5.85. The highest BCUT2D eigenvalue weighted by atomic mass is 16.5. The van der Waals surface area contributed by atoms with Gasteiger partial charge in [0.1, 0.15) is 17.6 Å². The number of imidazole rings is 1. The Kier molecular flexibility index (Phi) is 5.71. The van der Waals surface area contributed by atoms with Gasteiger partial charge in [-0.25, -0.2) is 9.78 Å². The van der Waals surface area contributed by atoms with Gasteiger partial charge in [0.2, 0.25) is 0 Å². The van der Waals surface area contributed by atoms with Crippen LogP contribution in [0.3, 0.4) is 0 Å². The molecule has 3 N–H and O–H groups in total. The molecule has 1 amide bonds. The Balaban J connectivity index is 1.24. The first kappa shape index (κ1) is 22.8. The molecular formula is C28H35N3O4. The summed E-state index contributed by atoms with van der Waals surface area (Å²) in [6.45, 7) is 2.47. The predicted octanol–water partition coefficient (Wildman–Crippen LogP) is 5.67. The third-order valence-corrected chi connectivity index (χ3v) is 9.04. The van der Waals surface area contributed by atoms with Crippen molar-refractivity contribution in [1.82, 2.24) is 9.97 Å². The number of carbonyl (C=O) groups excluding carboxylic acids is 1. The molecule has 2 aromatic rings. The van der Waals surface area contributed by atoms with E-state index in [0.29, 0.717) is 22.4 Å². The third-order valence-electron chi connectivity index (χ3n) is 9.04. The lowest BCUT2D eigenvalue weighted by Gasteiger charge is -2.57. The van der Waals surface area contributed by atoms with Gasteiger partial charge in [-0.3, -0.25) is 4.79 Å². The molecule has 7 nitrogen and oxygen atoms in total. The molecule has 0 spiro atoms. The van der Waals surface area contributed by atoms with Crippen molar-refractivity contribution in [3.63, 3.8) is 0 Å². The number of ether oxygens (including phenoxy) is 1. The molecule has 7 rings (SSSR count). The van der Waals surface area contributed by atoms with Gasteiger partial charge >= 0.3 is 5.97 Å². The number of carboxylic acids is 1. The zero-order valence-corrected chi connectivity index (χ0v) is 20.4. The normalized spacial score (nSPS) is 31.1. The number of anilines is 1. The number of nitrogens with one attached hydrogen (secondary N) is 2. The smallest absolute Gasteiger partial charge is 0.336 e. The van der Waals surface area contributed by atoms with Crippen LogP contribution in [0.25, 0.3) is 0 Å². The van der Waals surface area contributed by atoms with Crippen molar-refractivity contribution in [3.8, 4) is 0 Å². The number of aryl methyl sites for hydroxylation is 2. The Morgan fingerprint density at radius 3 is 2.51 bits per heavy atom. The number of nitrogens with zero attached hydrogens (tertiary/aromatic N) is 1. The lowest BCUT2D eigenvalue weighted by atomic mass is 9.48. The highest BCUT2D eigenvalue weighted by Gasteiger charge is 2.50. The molecule has 35 heavy (non-hydrogen) atoms. The average Bonchev–Trinajstić information content (AvgIpc) is 3.48. The molecule has 5 fully saturated rings. The molecule has 7 heteroatoms. The minimum absolute atomic E-state index is 0.0900. The number of aromatic nitrogens is 2. The summed E-state index contributed by atoms with van der Waals surface area (Å²) in [4.78, 5) is 33.1. The molecule has 4 saturated carbocycles. The lowest BCUT2D eigenvalue weighted by Crippen LogP contribution is -2.46. The summed E-state index contributed by atoms with van der Waals surface area (Å²) in [6.07, 6.45) is 12.0. The number of carbonyl (C=O) groups is 2. The second-order valence-corrected chi connectivity index (χ2v) is 11.7. The van der Waals surface area contributed by atoms with Crippen LogP contribution in [0.4, 0.5) is 5.69 Å². The summed E-state index contributed by atoms with van der Waals surface area (Å²) in [5, 5.41) is 12.3. The van der Waals surface area contributed by atoms with Gasteiger partial charge in [-0.05, 0) is 112 Å². The second kappa shape index (κ2) is 8.77. The summed E-state index contributed by atoms with van der Waals surface area (Å²) >= 11 is 0. The molecule has 5 aliphatic rings. The van der Waals surface area contributed by atoms with Crippen LogP contribution >= 0.6 is 0 Å². The van der Waals surface area contributed by atoms with Crippen LogP contribution in [0.2, 0.25) is 0 Å². The maximum absolute atomic E-state index is 13.4. The molecule has 4 aliphatic carbocycles. The van der Waals surface area contributed by atoms with E-state index in [-0.39, 0.29) is 17.6 Å². The molecule has 2 heterocycles. The summed E-state index contributed by atoms with van der Waals surface area (Å²) in [5.74, 6) is 2.14. The molecule has 0 radical (unpaired) electrons. The summed E-state index contributed by atoms with van der Waals surface area (Å²) in [7, 11) is 0. The van der Waals surface area contributed by atoms with Crippen molar-refractivity contribution >= 4 is 17.6 Å². The van der Waals surface area contributed by atoms with Crippen molar-refractivity contribution in [1.29, 1.82) is 0 Å².